The maximum absolute atomic E-state index is 12.3. The second-order valence-electron chi connectivity index (χ2n) is 7.55. The maximum atomic E-state index is 12.3. The van der Waals surface area contributed by atoms with E-state index in [9.17, 15) is 14.4 Å². The van der Waals surface area contributed by atoms with Gasteiger partial charge in [0.05, 0.1) is 6.42 Å². The Labute approximate surface area is 213 Å². The van der Waals surface area contributed by atoms with Crippen molar-refractivity contribution in [3.63, 3.8) is 0 Å². The van der Waals surface area contributed by atoms with E-state index in [-0.39, 0.29) is 32.1 Å². The second-order valence-corrected chi connectivity index (χ2v) is 10.3. The summed E-state index contributed by atoms with van der Waals surface area (Å²) in [4.78, 5) is 37.2. The van der Waals surface area contributed by atoms with Crippen LogP contribution in [0.1, 0.15) is 71.1 Å². The Kier molecular flexibility index (Phi) is 23.4. The fourth-order valence-corrected chi connectivity index (χ4v) is 4.44. The van der Waals surface area contributed by atoms with E-state index >= 15 is 0 Å². The Balaban J connectivity index is 3.82. The van der Waals surface area contributed by atoms with Gasteiger partial charge >= 0.3 is 18.0 Å². The van der Waals surface area contributed by atoms with Crippen LogP contribution in [0, 0.1) is 12.3 Å². The highest BCUT2D eigenvalue weighted by Gasteiger charge is 2.16. The fraction of sp³-hybridized carbons (Fsp3) is 0.792. The van der Waals surface area contributed by atoms with E-state index in [0.29, 0.717) is 50.5 Å². The second kappa shape index (κ2) is 24.6. The van der Waals surface area contributed by atoms with E-state index < -0.39 is 12.1 Å². The molecular formula is C24H42N2O6S2. The molecule has 0 rings (SSSR count). The number of ether oxygens (including phenoxy) is 3. The van der Waals surface area contributed by atoms with E-state index in [0.717, 1.165) is 12.8 Å². The van der Waals surface area contributed by atoms with Crippen LogP contribution in [0.5, 0.6) is 0 Å². The number of unbranched alkanes of at least 4 members (excludes halogenated alkanes) is 5. The van der Waals surface area contributed by atoms with Crippen LogP contribution < -0.4 is 5.73 Å². The van der Waals surface area contributed by atoms with Crippen LogP contribution in [-0.2, 0) is 23.8 Å². The molecule has 0 aliphatic rings. The Hall–Kier alpha value is -1.57. The quantitative estimate of drug-likeness (QED) is 0.0733. The molecule has 0 fully saturated rings. The molecule has 0 heterocycles. The number of nitrogens with two attached hydrogens (primary N) is 1. The zero-order valence-corrected chi connectivity index (χ0v) is 22.2. The first-order chi connectivity index (χ1) is 16.5. The minimum absolute atomic E-state index is 0.0758. The van der Waals surface area contributed by atoms with Crippen LogP contribution in [0.4, 0.5) is 4.79 Å². The monoisotopic (exact) mass is 518 g/mol. The lowest BCUT2D eigenvalue weighted by atomic mass is 10.1. The zero-order valence-electron chi connectivity index (χ0n) is 20.6. The average Bonchev–Trinajstić information content (AvgIpc) is 2.83. The minimum atomic E-state index is -0.473. The Morgan fingerprint density at radius 2 is 1.44 bits per heavy atom. The molecule has 34 heavy (non-hydrogen) atoms. The summed E-state index contributed by atoms with van der Waals surface area (Å²) in [5.74, 6) is 3.16. The van der Waals surface area contributed by atoms with Crippen molar-refractivity contribution in [2.75, 3.05) is 51.0 Å². The molecule has 0 unspecified atom stereocenters. The number of esters is 2. The highest BCUT2D eigenvalue weighted by molar-refractivity contribution is 8.76. The first-order valence-electron chi connectivity index (χ1n) is 12.2. The van der Waals surface area contributed by atoms with Crippen molar-refractivity contribution < 1.29 is 28.6 Å². The van der Waals surface area contributed by atoms with Gasteiger partial charge in [-0.1, -0.05) is 60.6 Å². The third-order valence-electron chi connectivity index (χ3n) is 4.63. The molecule has 196 valence electrons. The summed E-state index contributed by atoms with van der Waals surface area (Å²) in [6.45, 7) is 4.06. The molecule has 1 amide bonds. The van der Waals surface area contributed by atoms with Gasteiger partial charge in [-0.3, -0.25) is 9.59 Å². The highest BCUT2D eigenvalue weighted by atomic mass is 33.1. The van der Waals surface area contributed by atoms with Crippen LogP contribution in [0.15, 0.2) is 0 Å². The Bertz CT molecular complexity index is 586. The zero-order chi connectivity index (χ0) is 25.3. The van der Waals surface area contributed by atoms with Gasteiger partial charge in [-0.05, 0) is 19.4 Å². The minimum Gasteiger partial charge on any atom is -0.465 e. The van der Waals surface area contributed by atoms with Gasteiger partial charge in [-0.2, -0.15) is 0 Å². The van der Waals surface area contributed by atoms with Gasteiger partial charge in [0.25, 0.3) is 0 Å². The summed E-state index contributed by atoms with van der Waals surface area (Å²) in [7, 11) is 3.13. The van der Waals surface area contributed by atoms with E-state index in [4.69, 9.17) is 26.4 Å². The van der Waals surface area contributed by atoms with E-state index in [1.54, 1.807) is 21.6 Å². The first-order valence-corrected chi connectivity index (χ1v) is 14.6. The van der Waals surface area contributed by atoms with Gasteiger partial charge < -0.3 is 24.8 Å². The number of carbonyl (C=O) groups is 3. The van der Waals surface area contributed by atoms with Crippen molar-refractivity contribution in [3.8, 4) is 12.3 Å². The SMILES string of the molecule is C#CCCOC(=O)CCN(CCCN)C(=O)OCCSSCCOC(=O)CCCCCCCC. The summed E-state index contributed by atoms with van der Waals surface area (Å²) in [5.41, 5.74) is 5.53. The molecule has 0 aromatic carbocycles. The number of hydrogen-bond donors (Lipinski definition) is 1. The summed E-state index contributed by atoms with van der Waals surface area (Å²) in [5, 5.41) is 0. The molecule has 0 aromatic heterocycles. The average molecular weight is 519 g/mol. The number of amides is 1. The van der Waals surface area contributed by atoms with Crippen molar-refractivity contribution in [1.82, 2.24) is 4.90 Å². The molecule has 0 saturated heterocycles. The first kappa shape index (κ1) is 32.4. The summed E-state index contributed by atoms with van der Waals surface area (Å²) in [6, 6.07) is 0. The van der Waals surface area contributed by atoms with Crippen LogP contribution in [0.3, 0.4) is 0 Å². The van der Waals surface area contributed by atoms with E-state index in [2.05, 4.69) is 12.8 Å². The predicted octanol–water partition coefficient (Wildman–Crippen LogP) is 4.41. The van der Waals surface area contributed by atoms with Gasteiger partial charge in [-0.15, -0.1) is 12.3 Å². The Morgan fingerprint density at radius 1 is 0.824 bits per heavy atom. The van der Waals surface area contributed by atoms with Gasteiger partial charge in [-0.25, -0.2) is 4.79 Å². The van der Waals surface area contributed by atoms with E-state index in [1.807, 2.05) is 0 Å². The smallest absolute Gasteiger partial charge is 0.409 e. The lowest BCUT2D eigenvalue weighted by molar-refractivity contribution is -0.144. The lowest BCUT2D eigenvalue weighted by Crippen LogP contribution is -2.35. The van der Waals surface area contributed by atoms with Crippen LogP contribution >= 0.6 is 21.6 Å². The molecule has 0 radical (unpaired) electrons. The predicted molar refractivity (Wildman–Crippen MR) is 139 cm³/mol. The molecular weight excluding hydrogens is 476 g/mol. The molecule has 0 atom stereocenters. The highest BCUT2D eigenvalue weighted by Crippen LogP contribution is 2.20. The maximum Gasteiger partial charge on any atom is 0.409 e. The van der Waals surface area contributed by atoms with Crippen molar-refractivity contribution >= 4 is 39.6 Å². The number of rotatable bonds is 22. The number of terminal acetylenes is 1. The number of nitrogens with zero attached hydrogens (tertiary/aromatic N) is 1. The molecule has 0 spiro atoms. The molecule has 2 N–H and O–H groups in total. The fourth-order valence-electron chi connectivity index (χ4n) is 2.78. The van der Waals surface area contributed by atoms with Crippen molar-refractivity contribution in [3.05, 3.63) is 0 Å². The lowest BCUT2D eigenvalue weighted by Gasteiger charge is -2.21. The van der Waals surface area contributed by atoms with Crippen LogP contribution in [0.2, 0.25) is 0 Å². The van der Waals surface area contributed by atoms with Crippen molar-refractivity contribution in [1.29, 1.82) is 0 Å². The van der Waals surface area contributed by atoms with Gasteiger partial charge in [0.1, 0.15) is 19.8 Å². The van der Waals surface area contributed by atoms with Gasteiger partial charge in [0.15, 0.2) is 0 Å². The van der Waals surface area contributed by atoms with Crippen molar-refractivity contribution in [2.24, 2.45) is 5.73 Å². The largest absolute Gasteiger partial charge is 0.465 e. The summed E-state index contributed by atoms with van der Waals surface area (Å²) >= 11 is 0. The summed E-state index contributed by atoms with van der Waals surface area (Å²) in [6.07, 6.45) is 13.1. The van der Waals surface area contributed by atoms with Gasteiger partial charge in [0.2, 0.25) is 0 Å². The third kappa shape index (κ3) is 21.0. The van der Waals surface area contributed by atoms with Crippen molar-refractivity contribution in [2.45, 2.75) is 71.1 Å². The number of hydrogen-bond acceptors (Lipinski definition) is 9. The molecule has 8 nitrogen and oxygen atoms in total. The standard InChI is InChI=1S/C24H42N2O6S2/c1-3-5-7-8-9-10-12-22(27)31-18-20-33-34-21-19-32-24(29)26(15-11-14-25)16-13-23(28)30-17-6-4-2/h2H,3,5-21,25H2,1H3. The van der Waals surface area contributed by atoms with Gasteiger partial charge in [0, 0.05) is 37.4 Å². The Morgan fingerprint density at radius 3 is 2.12 bits per heavy atom. The summed E-state index contributed by atoms with van der Waals surface area (Å²) < 4.78 is 15.5. The molecule has 0 aliphatic heterocycles. The van der Waals surface area contributed by atoms with Crippen LogP contribution in [0.25, 0.3) is 0 Å². The normalized spacial score (nSPS) is 10.4. The molecule has 0 saturated carbocycles. The van der Waals surface area contributed by atoms with E-state index in [1.165, 1.54) is 30.6 Å². The number of carbonyl (C=O) groups excluding carboxylic acids is 3. The molecule has 0 bridgehead atoms. The topological polar surface area (TPSA) is 108 Å². The molecule has 0 aromatic rings. The molecule has 0 aliphatic carbocycles. The molecule has 10 heteroatoms. The third-order valence-corrected chi connectivity index (χ3v) is 6.96. The van der Waals surface area contributed by atoms with Crippen LogP contribution in [-0.4, -0.2) is 73.9 Å².